The van der Waals surface area contributed by atoms with E-state index in [0.717, 1.165) is 13.1 Å². The molecule has 0 aromatic carbocycles. The van der Waals surface area contributed by atoms with Crippen molar-refractivity contribution >= 4 is 0 Å². The van der Waals surface area contributed by atoms with E-state index < -0.39 is 0 Å². The van der Waals surface area contributed by atoms with Gasteiger partial charge in [-0.3, -0.25) is 0 Å². The Bertz CT molecular complexity index is 177. The average Bonchev–Trinajstić information content (AvgIpc) is 2.16. The first-order valence-corrected chi connectivity index (χ1v) is 5.81. The fraction of sp³-hybridized carbons (Fsp3) is 0.833. The molecule has 0 aromatic rings. The Hall–Kier alpha value is -0.340. The normalized spacial score (nSPS) is 30.1. The van der Waals surface area contributed by atoms with Gasteiger partial charge in [0.1, 0.15) is 0 Å². The number of hydrogen-bond donors (Lipinski definition) is 1. The summed E-state index contributed by atoms with van der Waals surface area (Å²) >= 11 is 0. The van der Waals surface area contributed by atoms with Crippen LogP contribution in [0.2, 0.25) is 0 Å². The molecule has 1 saturated heterocycles. The molecule has 1 N–H and O–H groups in total. The fourth-order valence-electron chi connectivity index (χ4n) is 2.32. The molecule has 0 aromatic heterocycles. The molecule has 0 unspecified atom stereocenters. The lowest BCUT2D eigenvalue weighted by atomic mass is 10.2. The van der Waals surface area contributed by atoms with Crippen LogP contribution in [0, 0.1) is 0 Å². The molecule has 82 valence electrons. The molecule has 0 bridgehead atoms. The molecule has 2 nitrogen and oxygen atoms in total. The lowest BCUT2D eigenvalue weighted by Gasteiger charge is -2.34. The predicted molar refractivity (Wildman–Crippen MR) is 62.3 cm³/mol. The predicted octanol–water partition coefficient (Wildman–Crippen LogP) is 1.78. The van der Waals surface area contributed by atoms with E-state index in [2.05, 4.69) is 25.9 Å². The van der Waals surface area contributed by atoms with Crippen molar-refractivity contribution in [2.75, 3.05) is 39.8 Å². The smallest absolute Gasteiger partial charge is 0.0996 e. The summed E-state index contributed by atoms with van der Waals surface area (Å²) in [6.45, 7) is 12.2. The van der Waals surface area contributed by atoms with Crippen LogP contribution < -0.4 is 5.32 Å². The van der Waals surface area contributed by atoms with E-state index in [1.165, 1.54) is 49.0 Å². The molecule has 1 aliphatic rings. The first-order chi connectivity index (χ1) is 6.62. The second-order valence-electron chi connectivity index (χ2n) is 4.99. The lowest BCUT2D eigenvalue weighted by Crippen LogP contribution is -2.49. The molecule has 0 aliphatic carbocycles. The third-order valence-corrected chi connectivity index (χ3v) is 3.03. The molecule has 0 radical (unpaired) electrons. The maximum atomic E-state index is 4.04. The lowest BCUT2D eigenvalue weighted by molar-refractivity contribution is -0.904. The van der Waals surface area contributed by atoms with E-state index in [1.807, 2.05) is 0 Å². The quantitative estimate of drug-likeness (QED) is 0.525. The maximum absolute atomic E-state index is 4.04. The van der Waals surface area contributed by atoms with E-state index in [-0.39, 0.29) is 0 Å². The second kappa shape index (κ2) is 5.52. The van der Waals surface area contributed by atoms with Gasteiger partial charge in [0.15, 0.2) is 0 Å². The number of hydrogen-bond acceptors (Lipinski definition) is 1. The van der Waals surface area contributed by atoms with Crippen LogP contribution in [0.5, 0.6) is 0 Å². The van der Waals surface area contributed by atoms with E-state index >= 15 is 0 Å². The SMILES string of the molecule is C=C(C)C[N@@+]1(C)CCCCCNCC1. The van der Waals surface area contributed by atoms with Crippen molar-refractivity contribution in [3.8, 4) is 0 Å². The van der Waals surface area contributed by atoms with Crippen LogP contribution in [0.4, 0.5) is 0 Å². The summed E-state index contributed by atoms with van der Waals surface area (Å²) in [5.74, 6) is 0. The molecule has 0 amide bonds. The molecule has 1 fully saturated rings. The first-order valence-electron chi connectivity index (χ1n) is 5.81. The Balaban J connectivity index is 2.48. The minimum atomic E-state index is 1.14. The Kier molecular flexibility index (Phi) is 4.63. The zero-order valence-electron chi connectivity index (χ0n) is 9.81. The Morgan fingerprint density at radius 3 is 2.71 bits per heavy atom. The van der Waals surface area contributed by atoms with Gasteiger partial charge in [0.25, 0.3) is 0 Å². The zero-order valence-corrected chi connectivity index (χ0v) is 9.81. The van der Waals surface area contributed by atoms with Crippen LogP contribution in [-0.4, -0.2) is 44.3 Å². The standard InChI is InChI=1S/C12H25N2/c1-12(2)11-14(3)9-6-4-5-7-13-8-10-14/h13H,1,4-11H2,2-3H3/q+1/t14-/m0/s1. The summed E-state index contributed by atoms with van der Waals surface area (Å²) in [6.07, 6.45) is 4.08. The average molecular weight is 197 g/mol. The summed E-state index contributed by atoms with van der Waals surface area (Å²) in [4.78, 5) is 0. The molecule has 0 saturated carbocycles. The molecule has 14 heavy (non-hydrogen) atoms. The van der Waals surface area contributed by atoms with E-state index in [9.17, 15) is 0 Å². The third kappa shape index (κ3) is 4.25. The summed E-state index contributed by atoms with van der Waals surface area (Å²) < 4.78 is 1.17. The van der Waals surface area contributed by atoms with Gasteiger partial charge >= 0.3 is 0 Å². The van der Waals surface area contributed by atoms with Gasteiger partial charge in [-0.25, -0.2) is 0 Å². The number of nitrogens with one attached hydrogen (secondary N) is 1. The van der Waals surface area contributed by atoms with Crippen molar-refractivity contribution in [3.63, 3.8) is 0 Å². The molecule has 0 spiro atoms. The molecule has 1 rings (SSSR count). The maximum Gasteiger partial charge on any atom is 0.0996 e. The summed E-state index contributed by atoms with van der Waals surface area (Å²) in [7, 11) is 2.36. The highest BCUT2D eigenvalue weighted by molar-refractivity contribution is 4.87. The van der Waals surface area contributed by atoms with Crippen LogP contribution in [0.3, 0.4) is 0 Å². The monoisotopic (exact) mass is 197 g/mol. The van der Waals surface area contributed by atoms with Crippen molar-refractivity contribution < 1.29 is 4.48 Å². The van der Waals surface area contributed by atoms with Crippen LogP contribution in [0.15, 0.2) is 12.2 Å². The summed E-state index contributed by atoms with van der Waals surface area (Å²) in [5, 5.41) is 3.51. The van der Waals surface area contributed by atoms with Gasteiger partial charge in [-0.1, -0.05) is 6.58 Å². The first kappa shape index (κ1) is 11.7. The highest BCUT2D eigenvalue weighted by atomic mass is 15.3. The van der Waals surface area contributed by atoms with E-state index in [4.69, 9.17) is 0 Å². The minimum absolute atomic E-state index is 1.14. The van der Waals surface area contributed by atoms with Crippen LogP contribution in [0.1, 0.15) is 26.2 Å². The molecular weight excluding hydrogens is 172 g/mol. The topological polar surface area (TPSA) is 12.0 Å². The Morgan fingerprint density at radius 1 is 1.21 bits per heavy atom. The van der Waals surface area contributed by atoms with Gasteiger partial charge in [-0.2, -0.15) is 0 Å². The van der Waals surface area contributed by atoms with Gasteiger partial charge in [0, 0.05) is 6.54 Å². The second-order valence-corrected chi connectivity index (χ2v) is 4.99. The number of nitrogens with zero attached hydrogens (tertiary/aromatic N) is 1. The van der Waals surface area contributed by atoms with Gasteiger partial charge < -0.3 is 9.80 Å². The van der Waals surface area contributed by atoms with Crippen molar-refractivity contribution in [2.45, 2.75) is 26.2 Å². The van der Waals surface area contributed by atoms with Crippen LogP contribution >= 0.6 is 0 Å². The molecule has 1 heterocycles. The summed E-state index contributed by atoms with van der Waals surface area (Å²) in [5.41, 5.74) is 1.31. The largest absolute Gasteiger partial charge is 0.322 e. The van der Waals surface area contributed by atoms with E-state index in [0.29, 0.717) is 0 Å². The fourth-order valence-corrected chi connectivity index (χ4v) is 2.32. The van der Waals surface area contributed by atoms with Crippen molar-refractivity contribution in [1.82, 2.24) is 5.32 Å². The highest BCUT2D eigenvalue weighted by Gasteiger charge is 2.21. The van der Waals surface area contributed by atoms with Crippen molar-refractivity contribution in [2.24, 2.45) is 0 Å². The number of likely N-dealkylation sites (N-methyl/N-ethyl adjacent to an activating group) is 1. The van der Waals surface area contributed by atoms with Gasteiger partial charge in [0.2, 0.25) is 0 Å². The summed E-state index contributed by atoms with van der Waals surface area (Å²) in [6, 6.07) is 0. The van der Waals surface area contributed by atoms with Gasteiger partial charge in [-0.15, -0.1) is 0 Å². The molecule has 2 heteroatoms. The van der Waals surface area contributed by atoms with Gasteiger partial charge in [0.05, 0.1) is 26.7 Å². The van der Waals surface area contributed by atoms with Crippen molar-refractivity contribution in [3.05, 3.63) is 12.2 Å². The third-order valence-electron chi connectivity index (χ3n) is 3.03. The number of rotatable bonds is 2. The van der Waals surface area contributed by atoms with Crippen LogP contribution in [0.25, 0.3) is 0 Å². The van der Waals surface area contributed by atoms with Crippen molar-refractivity contribution in [1.29, 1.82) is 0 Å². The Labute approximate surface area is 88.6 Å². The highest BCUT2D eigenvalue weighted by Crippen LogP contribution is 2.10. The zero-order chi connectivity index (χ0) is 10.4. The number of quaternary nitrogens is 1. The van der Waals surface area contributed by atoms with E-state index in [1.54, 1.807) is 0 Å². The Morgan fingerprint density at radius 2 is 2.00 bits per heavy atom. The molecule has 1 aliphatic heterocycles. The molecular formula is C12H25N2+. The minimum Gasteiger partial charge on any atom is -0.322 e. The van der Waals surface area contributed by atoms with Gasteiger partial charge in [-0.05, 0) is 38.3 Å². The van der Waals surface area contributed by atoms with Crippen LogP contribution in [-0.2, 0) is 0 Å². The molecule has 1 atom stereocenters.